The first-order chi connectivity index (χ1) is 8.52. The molecule has 3 rings (SSSR count). The highest BCUT2D eigenvalue weighted by Crippen LogP contribution is 2.43. The van der Waals surface area contributed by atoms with E-state index < -0.39 is 0 Å². The van der Waals surface area contributed by atoms with Crippen LogP contribution in [0.1, 0.15) is 37.4 Å². The van der Waals surface area contributed by atoms with Gasteiger partial charge in [-0.1, -0.05) is 13.3 Å². The van der Waals surface area contributed by atoms with Gasteiger partial charge in [-0.3, -0.25) is 0 Å². The van der Waals surface area contributed by atoms with Crippen molar-refractivity contribution in [2.45, 2.75) is 46.6 Å². The third-order valence-corrected chi connectivity index (χ3v) is 4.54. The van der Waals surface area contributed by atoms with Crippen LogP contribution >= 0.6 is 0 Å². The van der Waals surface area contributed by atoms with E-state index in [2.05, 4.69) is 35.3 Å². The Bertz CT molecular complexity index is 608. The molecule has 18 heavy (non-hydrogen) atoms. The Morgan fingerprint density at radius 3 is 2.67 bits per heavy atom. The second-order valence-corrected chi connectivity index (χ2v) is 5.92. The van der Waals surface area contributed by atoms with Crippen LogP contribution in [0.25, 0.3) is 11.0 Å². The Balaban J connectivity index is 2.16. The first-order valence-electron chi connectivity index (χ1n) is 6.58. The SMILES string of the molecule is Cc1c(C)n(CC2(C)CCC2)c2ncnc(N)c12. The Morgan fingerprint density at radius 1 is 1.33 bits per heavy atom. The molecular weight excluding hydrogens is 224 g/mol. The summed E-state index contributed by atoms with van der Waals surface area (Å²) >= 11 is 0. The van der Waals surface area contributed by atoms with Gasteiger partial charge < -0.3 is 10.3 Å². The summed E-state index contributed by atoms with van der Waals surface area (Å²) in [5.74, 6) is 0.595. The molecule has 96 valence electrons. The quantitative estimate of drug-likeness (QED) is 0.883. The van der Waals surface area contributed by atoms with Gasteiger partial charge in [-0.25, -0.2) is 9.97 Å². The van der Waals surface area contributed by atoms with E-state index >= 15 is 0 Å². The van der Waals surface area contributed by atoms with E-state index in [-0.39, 0.29) is 0 Å². The van der Waals surface area contributed by atoms with E-state index in [1.165, 1.54) is 30.5 Å². The van der Waals surface area contributed by atoms with Crippen LogP contribution in [0.3, 0.4) is 0 Å². The first-order valence-corrected chi connectivity index (χ1v) is 6.58. The molecule has 0 atom stereocenters. The lowest BCUT2D eigenvalue weighted by molar-refractivity contribution is 0.133. The Morgan fingerprint density at radius 2 is 2.06 bits per heavy atom. The molecule has 0 spiro atoms. The molecule has 1 aliphatic rings. The van der Waals surface area contributed by atoms with Gasteiger partial charge in [-0.2, -0.15) is 0 Å². The molecular formula is C14H20N4. The van der Waals surface area contributed by atoms with E-state index in [1.807, 2.05) is 0 Å². The monoisotopic (exact) mass is 244 g/mol. The summed E-state index contributed by atoms with van der Waals surface area (Å²) in [6.07, 6.45) is 5.54. The van der Waals surface area contributed by atoms with Crippen molar-refractivity contribution in [2.24, 2.45) is 5.41 Å². The number of nitrogens with zero attached hydrogens (tertiary/aromatic N) is 3. The van der Waals surface area contributed by atoms with Crippen molar-refractivity contribution >= 4 is 16.9 Å². The second kappa shape index (κ2) is 3.70. The molecule has 0 amide bonds. The maximum absolute atomic E-state index is 5.99. The van der Waals surface area contributed by atoms with Gasteiger partial charge in [-0.15, -0.1) is 0 Å². The van der Waals surface area contributed by atoms with Gasteiger partial charge in [0.2, 0.25) is 0 Å². The highest BCUT2D eigenvalue weighted by Gasteiger charge is 2.33. The average molecular weight is 244 g/mol. The fourth-order valence-corrected chi connectivity index (χ4v) is 3.01. The zero-order valence-corrected chi connectivity index (χ0v) is 11.3. The Labute approximate surface area is 107 Å². The fraction of sp³-hybridized carbons (Fsp3) is 0.571. The summed E-state index contributed by atoms with van der Waals surface area (Å²) in [5.41, 5.74) is 9.89. The summed E-state index contributed by atoms with van der Waals surface area (Å²) in [4.78, 5) is 8.54. The third kappa shape index (κ3) is 1.51. The van der Waals surface area contributed by atoms with Gasteiger partial charge in [0.05, 0.1) is 5.39 Å². The third-order valence-electron chi connectivity index (χ3n) is 4.54. The molecule has 1 aliphatic carbocycles. The molecule has 1 fully saturated rings. The number of fused-ring (bicyclic) bond motifs is 1. The van der Waals surface area contributed by atoms with Gasteiger partial charge in [0.25, 0.3) is 0 Å². The van der Waals surface area contributed by atoms with Crippen LogP contribution in [0, 0.1) is 19.3 Å². The van der Waals surface area contributed by atoms with Crippen molar-refractivity contribution in [1.29, 1.82) is 0 Å². The zero-order valence-electron chi connectivity index (χ0n) is 11.3. The van der Waals surface area contributed by atoms with Crippen molar-refractivity contribution in [3.8, 4) is 0 Å². The van der Waals surface area contributed by atoms with Gasteiger partial charge in [-0.05, 0) is 37.7 Å². The first kappa shape index (κ1) is 11.5. The molecule has 0 unspecified atom stereocenters. The van der Waals surface area contributed by atoms with Gasteiger partial charge in [0, 0.05) is 12.2 Å². The van der Waals surface area contributed by atoms with Crippen LogP contribution in [0.15, 0.2) is 6.33 Å². The average Bonchev–Trinajstić information content (AvgIpc) is 2.53. The molecule has 4 nitrogen and oxygen atoms in total. The number of hydrogen-bond acceptors (Lipinski definition) is 3. The van der Waals surface area contributed by atoms with Crippen molar-refractivity contribution in [3.05, 3.63) is 17.6 Å². The highest BCUT2D eigenvalue weighted by atomic mass is 15.1. The van der Waals surface area contributed by atoms with E-state index in [0.717, 1.165) is 17.6 Å². The smallest absolute Gasteiger partial charge is 0.145 e. The minimum Gasteiger partial charge on any atom is -0.383 e. The minimum absolute atomic E-state index is 0.433. The number of aromatic nitrogens is 3. The molecule has 4 heteroatoms. The van der Waals surface area contributed by atoms with Crippen LogP contribution in [0.5, 0.6) is 0 Å². The normalized spacial score (nSPS) is 17.9. The van der Waals surface area contributed by atoms with Crippen LogP contribution in [0.2, 0.25) is 0 Å². The molecule has 0 bridgehead atoms. The molecule has 1 saturated carbocycles. The zero-order chi connectivity index (χ0) is 12.9. The summed E-state index contributed by atoms with van der Waals surface area (Å²) in [5, 5.41) is 1.03. The number of nitrogen functional groups attached to an aromatic ring is 1. The second-order valence-electron chi connectivity index (χ2n) is 5.92. The molecule has 2 aromatic rings. The van der Waals surface area contributed by atoms with Crippen molar-refractivity contribution in [1.82, 2.24) is 14.5 Å². The lowest BCUT2D eigenvalue weighted by Gasteiger charge is -2.39. The maximum Gasteiger partial charge on any atom is 0.145 e. The van der Waals surface area contributed by atoms with E-state index in [0.29, 0.717) is 11.2 Å². The number of nitrogens with two attached hydrogens (primary N) is 1. The lowest BCUT2D eigenvalue weighted by Crippen LogP contribution is -2.31. The molecule has 2 heterocycles. The van der Waals surface area contributed by atoms with Crippen molar-refractivity contribution < 1.29 is 0 Å². The van der Waals surface area contributed by atoms with Crippen LogP contribution in [-0.2, 0) is 6.54 Å². The summed E-state index contributed by atoms with van der Waals surface area (Å²) in [6, 6.07) is 0. The fourth-order valence-electron chi connectivity index (χ4n) is 3.01. The predicted molar refractivity (Wildman–Crippen MR) is 73.4 cm³/mol. The van der Waals surface area contributed by atoms with Gasteiger partial charge >= 0.3 is 0 Å². The number of anilines is 1. The molecule has 0 aromatic carbocycles. The van der Waals surface area contributed by atoms with E-state index in [4.69, 9.17) is 5.73 Å². The summed E-state index contributed by atoms with van der Waals surface area (Å²) in [7, 11) is 0. The van der Waals surface area contributed by atoms with Crippen LogP contribution in [0.4, 0.5) is 5.82 Å². The topological polar surface area (TPSA) is 56.7 Å². The maximum atomic E-state index is 5.99. The largest absolute Gasteiger partial charge is 0.383 e. The Hall–Kier alpha value is -1.58. The molecule has 2 aromatic heterocycles. The highest BCUT2D eigenvalue weighted by molar-refractivity contribution is 5.90. The number of aryl methyl sites for hydroxylation is 1. The van der Waals surface area contributed by atoms with Gasteiger partial charge in [0.1, 0.15) is 17.8 Å². The molecule has 0 radical (unpaired) electrons. The summed E-state index contributed by atoms with van der Waals surface area (Å²) < 4.78 is 2.32. The molecule has 0 saturated heterocycles. The number of rotatable bonds is 2. The van der Waals surface area contributed by atoms with Gasteiger partial charge in [0.15, 0.2) is 0 Å². The summed E-state index contributed by atoms with van der Waals surface area (Å²) in [6.45, 7) is 7.66. The predicted octanol–water partition coefficient (Wildman–Crippen LogP) is 2.82. The van der Waals surface area contributed by atoms with Crippen LogP contribution < -0.4 is 5.73 Å². The lowest BCUT2D eigenvalue weighted by atomic mass is 9.70. The minimum atomic E-state index is 0.433. The molecule has 2 N–H and O–H groups in total. The molecule has 0 aliphatic heterocycles. The van der Waals surface area contributed by atoms with E-state index in [9.17, 15) is 0 Å². The van der Waals surface area contributed by atoms with Crippen molar-refractivity contribution in [2.75, 3.05) is 5.73 Å². The van der Waals surface area contributed by atoms with E-state index in [1.54, 1.807) is 6.33 Å². The van der Waals surface area contributed by atoms with Crippen LogP contribution in [-0.4, -0.2) is 14.5 Å². The standard InChI is InChI=1S/C14H20N4/c1-9-10(2)18(7-14(3)5-4-6-14)13-11(9)12(15)16-8-17-13/h8H,4-7H2,1-3H3,(H2,15,16,17). The Kier molecular flexibility index (Phi) is 2.37. The van der Waals surface area contributed by atoms with Crippen molar-refractivity contribution in [3.63, 3.8) is 0 Å². The number of hydrogen-bond donors (Lipinski definition) is 1.